The summed E-state index contributed by atoms with van der Waals surface area (Å²) in [5.41, 5.74) is 12.5. The van der Waals surface area contributed by atoms with Crippen LogP contribution >= 0.6 is 0 Å². The normalized spacial score (nSPS) is 11.6. The van der Waals surface area contributed by atoms with Crippen LogP contribution in [0.25, 0.3) is 39.4 Å². The highest BCUT2D eigenvalue weighted by atomic mass is 16.3. The lowest BCUT2D eigenvalue weighted by Gasteiger charge is -2.07. The number of aryl methyl sites for hydroxylation is 3. The molecule has 2 aromatic carbocycles. The molecule has 6 rings (SSSR count). The van der Waals surface area contributed by atoms with Crippen molar-refractivity contribution in [3.8, 4) is 22.7 Å². The monoisotopic (exact) mass is 449 g/mol. The Bertz CT molecular complexity index is 1580. The van der Waals surface area contributed by atoms with Crippen molar-refractivity contribution in [2.45, 2.75) is 26.3 Å². The van der Waals surface area contributed by atoms with Crippen molar-refractivity contribution < 1.29 is 4.42 Å². The highest BCUT2D eigenvalue weighted by Gasteiger charge is 2.17. The molecule has 0 aliphatic carbocycles. The zero-order chi connectivity index (χ0) is 23.1. The number of nitrogen functional groups attached to an aromatic ring is 1. The number of anilines is 1. The minimum Gasteiger partial charge on any atom is -0.461 e. The third-order valence-electron chi connectivity index (χ3n) is 6.10. The Morgan fingerprint density at radius 2 is 1.62 bits per heavy atom. The van der Waals surface area contributed by atoms with Gasteiger partial charge >= 0.3 is 0 Å². The second kappa shape index (κ2) is 8.15. The molecule has 0 unspecified atom stereocenters. The molecule has 0 fully saturated rings. The van der Waals surface area contributed by atoms with Crippen LogP contribution in [0.5, 0.6) is 0 Å². The van der Waals surface area contributed by atoms with E-state index in [0.29, 0.717) is 29.4 Å². The van der Waals surface area contributed by atoms with Crippen LogP contribution in [-0.4, -0.2) is 29.4 Å². The molecule has 4 heterocycles. The van der Waals surface area contributed by atoms with Crippen molar-refractivity contribution in [1.29, 1.82) is 0 Å². The van der Waals surface area contributed by atoms with Gasteiger partial charge in [-0.15, -0.1) is 5.10 Å². The second-order valence-corrected chi connectivity index (χ2v) is 8.22. The summed E-state index contributed by atoms with van der Waals surface area (Å²) in [6.45, 7) is 2.85. The van der Waals surface area contributed by atoms with Crippen molar-refractivity contribution in [3.05, 3.63) is 84.3 Å². The van der Waals surface area contributed by atoms with E-state index < -0.39 is 0 Å². The number of hydrogen-bond acceptors (Lipinski definition) is 6. The van der Waals surface area contributed by atoms with E-state index in [1.807, 2.05) is 10.7 Å². The number of rotatable bonds is 6. The number of aromatic nitrogens is 6. The topological polar surface area (TPSA) is 100 Å². The van der Waals surface area contributed by atoms with Crippen LogP contribution in [0.3, 0.4) is 0 Å². The van der Waals surface area contributed by atoms with Crippen LogP contribution in [0.15, 0.2) is 77.5 Å². The SMILES string of the molecule is CCc1ccc(-c2ccc(CCn3ncc4c3nc(N)n3nc(-c5ccco5)nc43)cc2)cc1. The Kier molecular flexibility index (Phi) is 4.83. The molecule has 0 aliphatic heterocycles. The highest BCUT2D eigenvalue weighted by molar-refractivity contribution is 5.90. The predicted molar refractivity (Wildman–Crippen MR) is 131 cm³/mol. The molecule has 6 aromatic rings. The van der Waals surface area contributed by atoms with Gasteiger partial charge in [0.1, 0.15) is 0 Å². The number of fused-ring (bicyclic) bond motifs is 3. The first-order valence-electron chi connectivity index (χ1n) is 11.3. The van der Waals surface area contributed by atoms with E-state index in [1.165, 1.54) is 26.8 Å². The summed E-state index contributed by atoms with van der Waals surface area (Å²) < 4.78 is 8.81. The molecule has 8 heteroatoms. The van der Waals surface area contributed by atoms with Gasteiger partial charge in [-0.25, -0.2) is 9.67 Å². The third kappa shape index (κ3) is 3.49. The lowest BCUT2D eigenvalue weighted by molar-refractivity contribution is 0.577. The van der Waals surface area contributed by atoms with Crippen molar-refractivity contribution in [2.75, 3.05) is 5.73 Å². The van der Waals surface area contributed by atoms with E-state index in [-0.39, 0.29) is 5.95 Å². The van der Waals surface area contributed by atoms with Gasteiger partial charge in [0.05, 0.1) is 17.8 Å². The summed E-state index contributed by atoms with van der Waals surface area (Å²) in [4.78, 5) is 9.16. The van der Waals surface area contributed by atoms with Gasteiger partial charge in [0, 0.05) is 6.54 Å². The van der Waals surface area contributed by atoms with Gasteiger partial charge in [-0.05, 0) is 47.2 Å². The lowest BCUT2D eigenvalue weighted by Crippen LogP contribution is -2.07. The molecule has 34 heavy (non-hydrogen) atoms. The van der Waals surface area contributed by atoms with Crippen LogP contribution in [0, 0.1) is 0 Å². The van der Waals surface area contributed by atoms with Crippen molar-refractivity contribution in [3.63, 3.8) is 0 Å². The van der Waals surface area contributed by atoms with E-state index in [2.05, 4.69) is 75.6 Å². The predicted octanol–water partition coefficient (Wildman–Crippen LogP) is 4.79. The average Bonchev–Trinajstić information content (AvgIpc) is 3.63. The van der Waals surface area contributed by atoms with E-state index in [9.17, 15) is 0 Å². The largest absolute Gasteiger partial charge is 0.461 e. The summed E-state index contributed by atoms with van der Waals surface area (Å²) in [5.74, 6) is 1.30. The molecule has 0 bridgehead atoms. The third-order valence-corrected chi connectivity index (χ3v) is 6.10. The maximum atomic E-state index is 6.19. The van der Waals surface area contributed by atoms with E-state index in [1.54, 1.807) is 18.5 Å². The van der Waals surface area contributed by atoms with Gasteiger partial charge in [0.2, 0.25) is 11.8 Å². The van der Waals surface area contributed by atoms with Crippen molar-refractivity contribution in [1.82, 2.24) is 29.4 Å². The van der Waals surface area contributed by atoms with Gasteiger partial charge < -0.3 is 10.2 Å². The number of benzene rings is 2. The molecule has 0 aliphatic rings. The van der Waals surface area contributed by atoms with Gasteiger partial charge in [0.25, 0.3) is 0 Å². The van der Waals surface area contributed by atoms with Crippen molar-refractivity contribution in [2.24, 2.45) is 0 Å². The fourth-order valence-corrected chi connectivity index (χ4v) is 4.16. The maximum Gasteiger partial charge on any atom is 0.225 e. The summed E-state index contributed by atoms with van der Waals surface area (Å²) in [7, 11) is 0. The van der Waals surface area contributed by atoms with Crippen LogP contribution in [0.1, 0.15) is 18.1 Å². The molecule has 0 spiro atoms. The minimum absolute atomic E-state index is 0.257. The molecule has 8 nitrogen and oxygen atoms in total. The molecule has 2 N–H and O–H groups in total. The zero-order valence-electron chi connectivity index (χ0n) is 18.7. The summed E-state index contributed by atoms with van der Waals surface area (Å²) in [5, 5.41) is 9.78. The number of furan rings is 1. The van der Waals surface area contributed by atoms with Crippen LogP contribution in [-0.2, 0) is 19.4 Å². The minimum atomic E-state index is 0.257. The summed E-state index contributed by atoms with van der Waals surface area (Å²) in [6, 6.07) is 21.0. The molecule has 168 valence electrons. The molecule has 0 radical (unpaired) electrons. The summed E-state index contributed by atoms with van der Waals surface area (Å²) in [6.07, 6.45) is 5.23. The maximum absolute atomic E-state index is 6.19. The Morgan fingerprint density at radius 3 is 2.29 bits per heavy atom. The Hall–Kier alpha value is -4.46. The molecule has 0 atom stereocenters. The molecular formula is C26H23N7O. The number of hydrogen-bond donors (Lipinski definition) is 1. The molecule has 0 amide bonds. The van der Waals surface area contributed by atoms with Crippen molar-refractivity contribution >= 4 is 22.6 Å². The highest BCUT2D eigenvalue weighted by Crippen LogP contribution is 2.24. The van der Waals surface area contributed by atoms with Crippen LogP contribution < -0.4 is 5.73 Å². The van der Waals surface area contributed by atoms with Crippen LogP contribution in [0.4, 0.5) is 5.95 Å². The molecule has 0 saturated heterocycles. The first-order chi connectivity index (χ1) is 16.7. The lowest BCUT2D eigenvalue weighted by atomic mass is 10.0. The second-order valence-electron chi connectivity index (χ2n) is 8.22. The average molecular weight is 450 g/mol. The Labute approximate surface area is 195 Å². The Balaban J connectivity index is 1.24. The fourth-order valence-electron chi connectivity index (χ4n) is 4.16. The van der Waals surface area contributed by atoms with Gasteiger partial charge in [0.15, 0.2) is 17.1 Å². The van der Waals surface area contributed by atoms with E-state index >= 15 is 0 Å². The van der Waals surface area contributed by atoms with E-state index in [0.717, 1.165) is 18.2 Å². The zero-order valence-corrected chi connectivity index (χ0v) is 18.7. The quantitative estimate of drug-likeness (QED) is 0.392. The molecular weight excluding hydrogens is 426 g/mol. The fraction of sp³-hybridized carbons (Fsp3) is 0.154. The summed E-state index contributed by atoms with van der Waals surface area (Å²) >= 11 is 0. The Morgan fingerprint density at radius 1 is 0.882 bits per heavy atom. The first-order valence-corrected chi connectivity index (χ1v) is 11.3. The molecule has 4 aromatic heterocycles. The van der Waals surface area contributed by atoms with E-state index in [4.69, 9.17) is 10.2 Å². The van der Waals surface area contributed by atoms with Gasteiger partial charge in [-0.3, -0.25) is 0 Å². The first kappa shape index (κ1) is 20.2. The van der Waals surface area contributed by atoms with Crippen LogP contribution in [0.2, 0.25) is 0 Å². The molecule has 0 saturated carbocycles. The smallest absolute Gasteiger partial charge is 0.225 e. The van der Waals surface area contributed by atoms with Gasteiger partial charge in [-0.1, -0.05) is 55.5 Å². The van der Waals surface area contributed by atoms with Gasteiger partial charge in [-0.2, -0.15) is 14.6 Å². The standard InChI is InChI=1S/C26H23N7O/c1-2-17-5-9-19(10-6-17)20-11-7-18(8-12-20)13-14-32-24-21(16-28-32)25-29-23(22-4-3-15-34-22)31-33(25)26(27)30-24/h3-12,15-16H,2,13-14H2,1H3,(H2,27,30). The number of nitrogens with zero attached hydrogens (tertiary/aromatic N) is 6. The number of nitrogens with two attached hydrogens (primary N) is 1.